The number of benzene rings is 1. The third kappa shape index (κ3) is 10.5. The molecule has 1 aliphatic rings. The van der Waals surface area contributed by atoms with Gasteiger partial charge in [0.15, 0.2) is 0 Å². The molecule has 35 heavy (non-hydrogen) atoms. The third-order valence-electron chi connectivity index (χ3n) is 8.62. The van der Waals surface area contributed by atoms with Crippen molar-refractivity contribution in [1.82, 2.24) is 0 Å². The second kappa shape index (κ2) is 17.0. The normalized spacial score (nSPS) is 18.0. The first-order valence-electron chi connectivity index (χ1n) is 14.7. The van der Waals surface area contributed by atoms with Crippen LogP contribution in [-0.4, -0.2) is 17.6 Å². The van der Waals surface area contributed by atoms with Crippen LogP contribution in [-0.2, 0) is 10.2 Å². The van der Waals surface area contributed by atoms with Crippen LogP contribution < -0.4 is 5.73 Å². The van der Waals surface area contributed by atoms with E-state index >= 15 is 0 Å². The van der Waals surface area contributed by atoms with E-state index in [0.29, 0.717) is 18.4 Å². The van der Waals surface area contributed by atoms with Crippen LogP contribution in [0.15, 0.2) is 42.5 Å². The maximum atomic E-state index is 12.0. The van der Waals surface area contributed by atoms with Gasteiger partial charge in [0.25, 0.3) is 0 Å². The van der Waals surface area contributed by atoms with Crippen molar-refractivity contribution in [3.8, 4) is 0 Å². The summed E-state index contributed by atoms with van der Waals surface area (Å²) >= 11 is 0. The summed E-state index contributed by atoms with van der Waals surface area (Å²) in [6.45, 7) is 5.21. The van der Waals surface area contributed by atoms with Crippen LogP contribution in [0.3, 0.4) is 0 Å². The average Bonchev–Trinajstić information content (AvgIpc) is 3.34. The zero-order valence-electron chi connectivity index (χ0n) is 22.7. The second-order valence-electron chi connectivity index (χ2n) is 11.2. The fourth-order valence-electron chi connectivity index (χ4n) is 6.45. The number of aliphatic carboxylic acids is 1. The number of hydrogen-bond acceptors (Lipinski definition) is 2. The average molecular weight is 484 g/mol. The lowest BCUT2D eigenvalue weighted by atomic mass is 9.67. The first-order chi connectivity index (χ1) is 17.0. The molecule has 3 atom stereocenters. The predicted octanol–water partition coefficient (Wildman–Crippen LogP) is 8.67. The number of hydrogen-bond donors (Lipinski definition) is 2. The summed E-state index contributed by atoms with van der Waals surface area (Å²) < 4.78 is 0. The van der Waals surface area contributed by atoms with E-state index in [9.17, 15) is 9.90 Å². The highest BCUT2D eigenvalue weighted by Crippen LogP contribution is 2.48. The van der Waals surface area contributed by atoms with Crippen molar-refractivity contribution < 1.29 is 9.90 Å². The van der Waals surface area contributed by atoms with Crippen molar-refractivity contribution in [3.05, 3.63) is 48.0 Å². The Labute approximate surface area is 216 Å². The molecule has 0 unspecified atom stereocenters. The van der Waals surface area contributed by atoms with Crippen molar-refractivity contribution in [2.75, 3.05) is 6.54 Å². The molecule has 1 aliphatic carbocycles. The number of carboxylic acids is 1. The molecule has 2 rings (SSSR count). The van der Waals surface area contributed by atoms with Gasteiger partial charge in [-0.15, -0.1) is 0 Å². The molecule has 198 valence electrons. The summed E-state index contributed by atoms with van der Waals surface area (Å²) in [7, 11) is 0. The number of allylic oxidation sites excluding steroid dienone is 2. The number of rotatable bonds is 19. The van der Waals surface area contributed by atoms with Gasteiger partial charge >= 0.3 is 5.97 Å². The van der Waals surface area contributed by atoms with Crippen LogP contribution >= 0.6 is 0 Å². The van der Waals surface area contributed by atoms with Crippen LogP contribution in [0.1, 0.15) is 122 Å². The minimum atomic E-state index is -0.656. The largest absolute Gasteiger partial charge is 0.481 e. The molecule has 0 aromatic heterocycles. The minimum absolute atomic E-state index is 0.138. The molecule has 1 aromatic rings. The van der Waals surface area contributed by atoms with E-state index in [4.69, 9.17) is 5.73 Å². The molecule has 1 saturated carbocycles. The zero-order valence-corrected chi connectivity index (χ0v) is 22.7. The molecule has 0 saturated heterocycles. The van der Waals surface area contributed by atoms with Crippen LogP contribution in [0, 0.1) is 17.8 Å². The molecular weight excluding hydrogens is 430 g/mol. The Kier molecular flexibility index (Phi) is 14.3. The van der Waals surface area contributed by atoms with Gasteiger partial charge in [-0.1, -0.05) is 94.9 Å². The smallest absolute Gasteiger partial charge is 0.303 e. The molecule has 0 radical (unpaired) electrons. The van der Waals surface area contributed by atoms with Crippen molar-refractivity contribution >= 4 is 5.97 Å². The number of carboxylic acid groups (broad SMARTS) is 1. The lowest BCUT2D eigenvalue weighted by Gasteiger charge is -2.37. The summed E-state index contributed by atoms with van der Waals surface area (Å²) in [5.41, 5.74) is 7.63. The first kappa shape index (κ1) is 29.6. The molecule has 1 aromatic carbocycles. The lowest BCUT2D eigenvalue weighted by molar-refractivity contribution is -0.138. The highest BCUT2D eigenvalue weighted by molar-refractivity contribution is 5.67. The molecule has 3 nitrogen and oxygen atoms in total. The zero-order chi connectivity index (χ0) is 25.4. The van der Waals surface area contributed by atoms with Gasteiger partial charge in [0.2, 0.25) is 0 Å². The highest BCUT2D eigenvalue weighted by Gasteiger charge is 2.39. The molecular formula is C32H53NO2. The Balaban J connectivity index is 2.03. The van der Waals surface area contributed by atoms with E-state index in [1.165, 1.54) is 76.2 Å². The maximum Gasteiger partial charge on any atom is 0.303 e. The van der Waals surface area contributed by atoms with Crippen LogP contribution in [0.5, 0.6) is 0 Å². The van der Waals surface area contributed by atoms with Crippen LogP contribution in [0.25, 0.3) is 0 Å². The molecule has 0 heterocycles. The van der Waals surface area contributed by atoms with Gasteiger partial charge in [-0.05, 0) is 93.1 Å². The first-order valence-corrected chi connectivity index (χ1v) is 14.7. The summed E-state index contributed by atoms with van der Waals surface area (Å²) in [4.78, 5) is 12.0. The quantitative estimate of drug-likeness (QED) is 0.153. The molecule has 0 spiro atoms. The summed E-state index contributed by atoms with van der Waals surface area (Å²) in [6, 6.07) is 10.9. The van der Waals surface area contributed by atoms with E-state index in [-0.39, 0.29) is 17.8 Å². The minimum Gasteiger partial charge on any atom is -0.481 e. The number of nitrogens with two attached hydrogens (primary N) is 1. The van der Waals surface area contributed by atoms with Crippen LogP contribution in [0.4, 0.5) is 0 Å². The Bertz CT molecular complexity index is 708. The summed E-state index contributed by atoms with van der Waals surface area (Å²) in [5, 5.41) is 9.83. The second-order valence-corrected chi connectivity index (χ2v) is 11.2. The van der Waals surface area contributed by atoms with Crippen molar-refractivity contribution in [2.24, 2.45) is 23.5 Å². The molecule has 0 amide bonds. The Hall–Kier alpha value is -1.61. The van der Waals surface area contributed by atoms with Gasteiger partial charge < -0.3 is 10.8 Å². The molecule has 0 bridgehead atoms. The summed E-state index contributed by atoms with van der Waals surface area (Å²) in [5.74, 6) is 0.615. The molecule has 3 heteroatoms. The fourth-order valence-corrected chi connectivity index (χ4v) is 6.45. The van der Waals surface area contributed by atoms with Crippen LogP contribution in [0.2, 0.25) is 0 Å². The van der Waals surface area contributed by atoms with Crippen molar-refractivity contribution in [2.45, 2.75) is 122 Å². The predicted molar refractivity (Wildman–Crippen MR) is 150 cm³/mol. The van der Waals surface area contributed by atoms with Gasteiger partial charge in [-0.2, -0.15) is 0 Å². The lowest BCUT2D eigenvalue weighted by Crippen LogP contribution is -2.31. The monoisotopic (exact) mass is 483 g/mol. The Morgan fingerprint density at radius 2 is 1.74 bits per heavy atom. The van der Waals surface area contributed by atoms with Gasteiger partial charge in [0, 0.05) is 6.42 Å². The van der Waals surface area contributed by atoms with E-state index in [1.54, 1.807) is 0 Å². The molecule has 1 fully saturated rings. The molecule has 0 aliphatic heterocycles. The van der Waals surface area contributed by atoms with Crippen molar-refractivity contribution in [3.63, 3.8) is 0 Å². The van der Waals surface area contributed by atoms with Crippen molar-refractivity contribution in [1.29, 1.82) is 0 Å². The Morgan fingerprint density at radius 1 is 1.00 bits per heavy atom. The molecule has 3 N–H and O–H groups in total. The number of unbranched alkanes of at least 4 members (excludes halogenated alkanes) is 4. The SMILES string of the molecule is CCCCCCC=CC[C@H](CC)CC[C@H](CCN)[C@H](CC(=O)O)CC1(c2ccccc2)CCCC1. The Morgan fingerprint density at radius 3 is 2.37 bits per heavy atom. The topological polar surface area (TPSA) is 63.3 Å². The fraction of sp³-hybridized carbons (Fsp3) is 0.719. The maximum absolute atomic E-state index is 12.0. The van der Waals surface area contributed by atoms with E-state index in [2.05, 4.69) is 56.3 Å². The van der Waals surface area contributed by atoms with E-state index in [0.717, 1.165) is 25.7 Å². The van der Waals surface area contributed by atoms with Gasteiger partial charge in [0.1, 0.15) is 0 Å². The highest BCUT2D eigenvalue weighted by atomic mass is 16.4. The summed E-state index contributed by atoms with van der Waals surface area (Å²) in [6.07, 6.45) is 22.9. The third-order valence-corrected chi connectivity index (χ3v) is 8.62. The standard InChI is InChI=1S/C32H53NO2/c1-3-5-6-7-8-9-11-16-27(4-2)19-20-28(21-24-33)29(25-31(34)35)26-32(22-14-15-23-32)30-17-12-10-13-18-30/h9-13,17-18,27-29H,3-8,14-16,19-26,33H2,1-2H3,(H,34,35)/t27-,28+,29+/m0/s1. The van der Waals surface area contributed by atoms with Gasteiger partial charge in [-0.3, -0.25) is 4.79 Å². The van der Waals surface area contributed by atoms with Gasteiger partial charge in [0.05, 0.1) is 0 Å². The van der Waals surface area contributed by atoms with E-state index < -0.39 is 5.97 Å². The van der Waals surface area contributed by atoms with Gasteiger partial charge in [-0.25, -0.2) is 0 Å². The van der Waals surface area contributed by atoms with E-state index in [1.807, 2.05) is 0 Å². The number of carbonyl (C=O) groups is 1.